The molecule has 0 aliphatic carbocycles. The number of aromatic nitrogens is 2. The zero-order valence-electron chi connectivity index (χ0n) is 10.6. The van der Waals surface area contributed by atoms with Crippen LogP contribution >= 0.6 is 23.5 Å². The summed E-state index contributed by atoms with van der Waals surface area (Å²) >= 11 is 4.38. The number of hydrogen-bond acceptors (Lipinski definition) is 3. The van der Waals surface area contributed by atoms with Crippen LogP contribution in [-0.4, -0.2) is 25.1 Å². The molecule has 0 atom stereocenters. The lowest BCUT2D eigenvalue weighted by molar-refractivity contribution is 0.546. The fourth-order valence-corrected chi connectivity index (χ4v) is 5.57. The SMILES string of the molecule is CCCCCC1(CCn2ccnc2)SCCS1. The van der Waals surface area contributed by atoms with E-state index < -0.39 is 0 Å². The van der Waals surface area contributed by atoms with Crippen LogP contribution in [0.25, 0.3) is 0 Å². The molecular weight excluding hydrogens is 248 g/mol. The molecule has 2 rings (SSSR count). The van der Waals surface area contributed by atoms with Crippen LogP contribution in [-0.2, 0) is 6.54 Å². The summed E-state index contributed by atoms with van der Waals surface area (Å²) in [5, 5.41) is 0. The minimum atomic E-state index is 0.499. The third-order valence-electron chi connectivity index (χ3n) is 3.28. The van der Waals surface area contributed by atoms with Gasteiger partial charge in [-0.2, -0.15) is 0 Å². The minimum Gasteiger partial charge on any atom is -0.337 e. The third-order valence-corrected chi connectivity index (χ3v) is 6.94. The Morgan fingerprint density at radius 3 is 2.71 bits per heavy atom. The monoisotopic (exact) mass is 270 g/mol. The van der Waals surface area contributed by atoms with Gasteiger partial charge in [0.05, 0.1) is 10.4 Å². The Labute approximate surface area is 113 Å². The molecule has 2 nitrogen and oxygen atoms in total. The van der Waals surface area contributed by atoms with Gasteiger partial charge in [-0.3, -0.25) is 0 Å². The molecule has 1 saturated heterocycles. The Kier molecular flexibility index (Phi) is 5.29. The molecule has 1 aliphatic rings. The van der Waals surface area contributed by atoms with E-state index in [2.05, 4.69) is 46.2 Å². The second kappa shape index (κ2) is 6.74. The molecule has 0 N–H and O–H groups in total. The van der Waals surface area contributed by atoms with Crippen molar-refractivity contribution < 1.29 is 0 Å². The van der Waals surface area contributed by atoms with Crippen molar-refractivity contribution in [1.29, 1.82) is 0 Å². The topological polar surface area (TPSA) is 17.8 Å². The van der Waals surface area contributed by atoms with E-state index in [0.717, 1.165) is 6.54 Å². The Bertz CT molecular complexity index is 305. The number of imidazole rings is 1. The van der Waals surface area contributed by atoms with Crippen LogP contribution in [0.5, 0.6) is 0 Å². The van der Waals surface area contributed by atoms with E-state index in [1.807, 2.05) is 12.5 Å². The van der Waals surface area contributed by atoms with Gasteiger partial charge in [0.1, 0.15) is 0 Å². The molecule has 17 heavy (non-hydrogen) atoms. The van der Waals surface area contributed by atoms with Gasteiger partial charge in [-0.25, -0.2) is 4.98 Å². The number of unbranched alkanes of at least 4 members (excludes halogenated alkanes) is 2. The van der Waals surface area contributed by atoms with Crippen molar-refractivity contribution in [2.45, 2.75) is 49.7 Å². The van der Waals surface area contributed by atoms with E-state index >= 15 is 0 Å². The predicted molar refractivity (Wildman–Crippen MR) is 78.6 cm³/mol. The lowest BCUT2D eigenvalue weighted by atomic mass is 10.1. The van der Waals surface area contributed by atoms with Crippen molar-refractivity contribution in [2.75, 3.05) is 11.5 Å². The molecule has 0 radical (unpaired) electrons. The van der Waals surface area contributed by atoms with Gasteiger partial charge >= 0.3 is 0 Å². The number of hydrogen-bond donors (Lipinski definition) is 0. The fraction of sp³-hybridized carbons (Fsp3) is 0.769. The van der Waals surface area contributed by atoms with Crippen molar-refractivity contribution in [1.82, 2.24) is 9.55 Å². The molecule has 4 heteroatoms. The molecule has 0 bridgehead atoms. The highest BCUT2D eigenvalue weighted by Gasteiger charge is 2.34. The highest BCUT2D eigenvalue weighted by molar-refractivity contribution is 8.21. The first kappa shape index (κ1) is 13.3. The van der Waals surface area contributed by atoms with Crippen molar-refractivity contribution >= 4 is 23.5 Å². The molecule has 1 aromatic rings. The molecule has 0 aromatic carbocycles. The van der Waals surface area contributed by atoms with Crippen LogP contribution in [0.3, 0.4) is 0 Å². The first-order valence-electron chi connectivity index (χ1n) is 6.58. The van der Waals surface area contributed by atoms with Gasteiger partial charge in [-0.15, -0.1) is 23.5 Å². The van der Waals surface area contributed by atoms with E-state index in [-0.39, 0.29) is 0 Å². The summed E-state index contributed by atoms with van der Waals surface area (Å²) in [6, 6.07) is 0. The molecule has 2 heterocycles. The molecule has 0 spiro atoms. The second-order valence-electron chi connectivity index (χ2n) is 4.62. The first-order chi connectivity index (χ1) is 8.35. The highest BCUT2D eigenvalue weighted by Crippen LogP contribution is 2.50. The summed E-state index contributed by atoms with van der Waals surface area (Å²) in [6.07, 6.45) is 12.6. The maximum atomic E-state index is 4.11. The normalized spacial score (nSPS) is 18.6. The Hall–Kier alpha value is -0.0900. The van der Waals surface area contributed by atoms with Crippen LogP contribution < -0.4 is 0 Å². The van der Waals surface area contributed by atoms with Gasteiger partial charge < -0.3 is 4.57 Å². The standard InChI is InChI=1S/C13H22N2S2/c1-2-3-4-5-13(16-10-11-17-13)6-8-15-9-7-14-12-15/h7,9,12H,2-6,8,10-11H2,1H3. The molecule has 1 fully saturated rings. The smallest absolute Gasteiger partial charge is 0.0945 e. The lowest BCUT2D eigenvalue weighted by Gasteiger charge is -2.27. The third kappa shape index (κ3) is 3.95. The van der Waals surface area contributed by atoms with Crippen LogP contribution in [0.1, 0.15) is 39.0 Å². The van der Waals surface area contributed by atoms with Crippen molar-refractivity contribution in [3.05, 3.63) is 18.7 Å². The van der Waals surface area contributed by atoms with Gasteiger partial charge in [-0.05, 0) is 12.8 Å². The van der Waals surface area contributed by atoms with Gasteiger partial charge in [0.2, 0.25) is 0 Å². The van der Waals surface area contributed by atoms with Gasteiger partial charge in [-0.1, -0.05) is 26.2 Å². The van der Waals surface area contributed by atoms with Crippen molar-refractivity contribution in [2.24, 2.45) is 0 Å². The Morgan fingerprint density at radius 2 is 2.06 bits per heavy atom. The van der Waals surface area contributed by atoms with E-state index in [1.165, 1.54) is 43.6 Å². The summed E-state index contributed by atoms with van der Waals surface area (Å²) in [4.78, 5) is 4.11. The predicted octanol–water partition coefficient (Wildman–Crippen LogP) is 4.03. The molecule has 1 aliphatic heterocycles. The molecular formula is C13H22N2S2. The summed E-state index contributed by atoms with van der Waals surface area (Å²) in [5.41, 5.74) is 0. The largest absolute Gasteiger partial charge is 0.337 e. The second-order valence-corrected chi connectivity index (χ2v) is 7.83. The molecule has 1 aromatic heterocycles. The Morgan fingerprint density at radius 1 is 1.24 bits per heavy atom. The molecule has 0 saturated carbocycles. The lowest BCUT2D eigenvalue weighted by Crippen LogP contribution is -2.19. The average molecular weight is 270 g/mol. The van der Waals surface area contributed by atoms with E-state index in [0.29, 0.717) is 4.08 Å². The van der Waals surface area contributed by atoms with Crippen molar-refractivity contribution in [3.63, 3.8) is 0 Å². The summed E-state index contributed by atoms with van der Waals surface area (Å²) in [6.45, 7) is 3.40. The highest BCUT2D eigenvalue weighted by atomic mass is 32.2. The molecule has 0 unspecified atom stereocenters. The minimum absolute atomic E-state index is 0.499. The summed E-state index contributed by atoms with van der Waals surface area (Å²) in [7, 11) is 0. The summed E-state index contributed by atoms with van der Waals surface area (Å²) in [5.74, 6) is 2.67. The average Bonchev–Trinajstić information content (AvgIpc) is 2.99. The molecule has 0 amide bonds. The first-order valence-corrected chi connectivity index (χ1v) is 8.55. The van der Waals surface area contributed by atoms with Crippen LogP contribution in [0.2, 0.25) is 0 Å². The van der Waals surface area contributed by atoms with Crippen LogP contribution in [0.15, 0.2) is 18.7 Å². The van der Waals surface area contributed by atoms with Crippen molar-refractivity contribution in [3.8, 4) is 0 Å². The number of aryl methyl sites for hydroxylation is 1. The Balaban J connectivity index is 1.83. The maximum Gasteiger partial charge on any atom is 0.0945 e. The van der Waals surface area contributed by atoms with Gasteiger partial charge in [0, 0.05) is 30.4 Å². The quantitative estimate of drug-likeness (QED) is 0.697. The fourth-order valence-electron chi connectivity index (χ4n) is 2.27. The van der Waals surface area contributed by atoms with Gasteiger partial charge in [0.15, 0.2) is 0 Å². The number of rotatable bonds is 7. The van der Waals surface area contributed by atoms with E-state index in [4.69, 9.17) is 0 Å². The van der Waals surface area contributed by atoms with Gasteiger partial charge in [0.25, 0.3) is 0 Å². The maximum absolute atomic E-state index is 4.11. The van der Waals surface area contributed by atoms with Crippen LogP contribution in [0, 0.1) is 0 Å². The zero-order chi connectivity index (χ0) is 12.0. The van der Waals surface area contributed by atoms with Crippen LogP contribution in [0.4, 0.5) is 0 Å². The zero-order valence-corrected chi connectivity index (χ0v) is 12.2. The van der Waals surface area contributed by atoms with E-state index in [1.54, 1.807) is 0 Å². The number of thioether (sulfide) groups is 2. The number of nitrogens with zero attached hydrogens (tertiary/aromatic N) is 2. The van der Waals surface area contributed by atoms with E-state index in [9.17, 15) is 0 Å². The molecule has 96 valence electrons. The summed E-state index contributed by atoms with van der Waals surface area (Å²) < 4.78 is 2.71.